The van der Waals surface area contributed by atoms with E-state index in [4.69, 9.17) is 5.11 Å². The number of carbonyl (C=O) groups excluding carboxylic acids is 1. The van der Waals surface area contributed by atoms with Crippen LogP contribution in [0.4, 0.5) is 4.79 Å². The van der Waals surface area contributed by atoms with Gasteiger partial charge in [-0.1, -0.05) is 0 Å². The zero-order chi connectivity index (χ0) is 12.6. The molecular formula is C9H14N2O5S. The summed E-state index contributed by atoms with van der Waals surface area (Å²) in [7, 11) is -3.08. The minimum atomic E-state index is -3.08. The van der Waals surface area contributed by atoms with E-state index in [2.05, 4.69) is 5.32 Å². The molecular weight excluding hydrogens is 248 g/mol. The van der Waals surface area contributed by atoms with Crippen LogP contribution in [0.1, 0.15) is 12.8 Å². The maximum Gasteiger partial charge on any atom is 0.318 e. The van der Waals surface area contributed by atoms with Crippen molar-refractivity contribution in [3.8, 4) is 0 Å². The van der Waals surface area contributed by atoms with Crippen LogP contribution in [-0.2, 0) is 14.6 Å². The highest BCUT2D eigenvalue weighted by Gasteiger charge is 2.42. The second-order valence-corrected chi connectivity index (χ2v) is 6.63. The number of nitrogens with one attached hydrogen (secondary N) is 1. The number of aliphatic carboxylic acids is 1. The van der Waals surface area contributed by atoms with Gasteiger partial charge in [-0.15, -0.1) is 0 Å². The summed E-state index contributed by atoms with van der Waals surface area (Å²) in [5.74, 6) is -0.977. The molecule has 2 rings (SSSR count). The highest BCUT2D eigenvalue weighted by atomic mass is 32.2. The van der Waals surface area contributed by atoms with E-state index in [0.29, 0.717) is 6.42 Å². The van der Waals surface area contributed by atoms with Crippen LogP contribution in [0, 0.1) is 0 Å². The fourth-order valence-corrected chi connectivity index (χ4v) is 4.10. The van der Waals surface area contributed by atoms with Crippen LogP contribution < -0.4 is 5.32 Å². The van der Waals surface area contributed by atoms with Gasteiger partial charge in [0.25, 0.3) is 0 Å². The van der Waals surface area contributed by atoms with Crippen LogP contribution in [0.25, 0.3) is 0 Å². The van der Waals surface area contributed by atoms with Crippen LogP contribution in [0.2, 0.25) is 0 Å². The Balaban J connectivity index is 2.12. The number of hydrogen-bond acceptors (Lipinski definition) is 4. The second kappa shape index (κ2) is 4.17. The average Bonchev–Trinajstić information content (AvgIpc) is 2.69. The van der Waals surface area contributed by atoms with Gasteiger partial charge >= 0.3 is 12.0 Å². The van der Waals surface area contributed by atoms with Crippen molar-refractivity contribution in [1.29, 1.82) is 0 Å². The van der Waals surface area contributed by atoms with Gasteiger partial charge in [0.2, 0.25) is 0 Å². The van der Waals surface area contributed by atoms with Crippen LogP contribution in [0.3, 0.4) is 0 Å². The molecule has 2 atom stereocenters. The highest BCUT2D eigenvalue weighted by molar-refractivity contribution is 7.91. The SMILES string of the molecule is O=C(O)CC1CNC(=O)N1C1CCS(=O)(=O)C1. The minimum Gasteiger partial charge on any atom is -0.481 e. The molecule has 96 valence electrons. The zero-order valence-corrected chi connectivity index (χ0v) is 9.94. The summed E-state index contributed by atoms with van der Waals surface area (Å²) >= 11 is 0. The van der Waals surface area contributed by atoms with Gasteiger partial charge in [0.15, 0.2) is 9.84 Å². The fraction of sp³-hybridized carbons (Fsp3) is 0.778. The lowest BCUT2D eigenvalue weighted by Gasteiger charge is -2.27. The van der Waals surface area contributed by atoms with Gasteiger partial charge in [0, 0.05) is 12.6 Å². The largest absolute Gasteiger partial charge is 0.481 e. The Bertz CT molecular complexity index is 446. The summed E-state index contributed by atoms with van der Waals surface area (Å²) in [6.07, 6.45) is 0.237. The number of carboxylic acid groups (broad SMARTS) is 1. The third-order valence-corrected chi connectivity index (χ3v) is 4.88. The Morgan fingerprint density at radius 2 is 2.24 bits per heavy atom. The van der Waals surface area contributed by atoms with E-state index in [1.54, 1.807) is 0 Å². The monoisotopic (exact) mass is 262 g/mol. The number of sulfone groups is 1. The number of amides is 2. The minimum absolute atomic E-state index is 0.0590. The molecule has 0 saturated carbocycles. The van der Waals surface area contributed by atoms with Crippen molar-refractivity contribution in [2.75, 3.05) is 18.1 Å². The van der Waals surface area contributed by atoms with Crippen LogP contribution >= 0.6 is 0 Å². The van der Waals surface area contributed by atoms with Crippen LogP contribution in [0.5, 0.6) is 0 Å². The van der Waals surface area contributed by atoms with Gasteiger partial charge < -0.3 is 15.3 Å². The number of urea groups is 1. The van der Waals surface area contributed by atoms with Gasteiger partial charge in [0.1, 0.15) is 0 Å². The summed E-state index contributed by atoms with van der Waals surface area (Å²) in [6, 6.07) is -1.19. The van der Waals surface area contributed by atoms with Gasteiger partial charge in [-0.3, -0.25) is 4.79 Å². The molecule has 2 fully saturated rings. The summed E-state index contributed by atoms with van der Waals surface area (Å²) in [4.78, 5) is 23.6. The lowest BCUT2D eigenvalue weighted by atomic mass is 10.1. The van der Waals surface area contributed by atoms with E-state index >= 15 is 0 Å². The summed E-state index contributed by atoms with van der Waals surface area (Å²) in [6.45, 7) is 0.266. The van der Waals surface area contributed by atoms with Crippen molar-refractivity contribution in [2.45, 2.75) is 24.9 Å². The first-order valence-corrected chi connectivity index (χ1v) is 7.19. The Kier molecular flexibility index (Phi) is 2.98. The molecule has 2 saturated heterocycles. The first-order chi connectivity index (χ1) is 7.89. The molecule has 0 aromatic heterocycles. The average molecular weight is 262 g/mol. The van der Waals surface area contributed by atoms with Gasteiger partial charge in [0.05, 0.1) is 24.0 Å². The summed E-state index contributed by atoms with van der Waals surface area (Å²) in [5, 5.41) is 11.3. The Hall–Kier alpha value is -1.31. The molecule has 0 aliphatic carbocycles. The van der Waals surface area contributed by atoms with Crippen molar-refractivity contribution < 1.29 is 23.1 Å². The van der Waals surface area contributed by atoms with E-state index in [9.17, 15) is 18.0 Å². The maximum atomic E-state index is 11.6. The molecule has 8 heteroatoms. The van der Waals surface area contributed by atoms with Crippen molar-refractivity contribution >= 4 is 21.8 Å². The molecule has 7 nitrogen and oxygen atoms in total. The van der Waals surface area contributed by atoms with Crippen LogP contribution in [0.15, 0.2) is 0 Å². The van der Waals surface area contributed by atoms with Gasteiger partial charge in [-0.2, -0.15) is 0 Å². The van der Waals surface area contributed by atoms with Crippen molar-refractivity contribution in [2.24, 2.45) is 0 Å². The van der Waals surface area contributed by atoms with E-state index in [0.717, 1.165) is 0 Å². The van der Waals surface area contributed by atoms with E-state index in [-0.39, 0.29) is 36.5 Å². The Morgan fingerprint density at radius 1 is 1.53 bits per heavy atom. The smallest absolute Gasteiger partial charge is 0.318 e. The predicted octanol–water partition coefficient (Wildman–Crippen LogP) is -0.958. The first kappa shape index (κ1) is 12.2. The standard InChI is InChI=1S/C9H14N2O5S/c12-8(13)3-7-4-10-9(14)11(7)6-1-2-17(15,16)5-6/h6-7H,1-5H2,(H,10,14)(H,12,13). The predicted molar refractivity (Wildman–Crippen MR) is 58.3 cm³/mol. The van der Waals surface area contributed by atoms with Gasteiger partial charge in [-0.05, 0) is 6.42 Å². The molecule has 0 aromatic carbocycles. The topological polar surface area (TPSA) is 104 Å². The maximum absolute atomic E-state index is 11.6. The number of hydrogen-bond donors (Lipinski definition) is 2. The highest BCUT2D eigenvalue weighted by Crippen LogP contribution is 2.23. The van der Waals surface area contributed by atoms with Crippen molar-refractivity contribution in [3.63, 3.8) is 0 Å². The quantitative estimate of drug-likeness (QED) is 0.682. The molecule has 2 heterocycles. The molecule has 2 aliphatic rings. The molecule has 17 heavy (non-hydrogen) atoms. The van der Waals surface area contributed by atoms with E-state index in [1.165, 1.54) is 4.90 Å². The first-order valence-electron chi connectivity index (χ1n) is 5.37. The summed E-state index contributed by atoms with van der Waals surface area (Å²) in [5.41, 5.74) is 0. The number of carbonyl (C=O) groups is 2. The Morgan fingerprint density at radius 3 is 2.76 bits per heavy atom. The molecule has 0 spiro atoms. The van der Waals surface area contributed by atoms with Crippen molar-refractivity contribution in [3.05, 3.63) is 0 Å². The molecule has 2 N–H and O–H groups in total. The second-order valence-electron chi connectivity index (χ2n) is 4.40. The van der Waals surface area contributed by atoms with Crippen molar-refractivity contribution in [1.82, 2.24) is 10.2 Å². The molecule has 0 bridgehead atoms. The Labute approximate surface area is 98.7 Å². The van der Waals surface area contributed by atoms with E-state index < -0.39 is 21.8 Å². The zero-order valence-electron chi connectivity index (χ0n) is 9.13. The lowest BCUT2D eigenvalue weighted by Crippen LogP contribution is -2.44. The normalized spacial score (nSPS) is 31.5. The molecule has 2 aliphatic heterocycles. The van der Waals surface area contributed by atoms with Gasteiger partial charge in [-0.25, -0.2) is 13.2 Å². The lowest BCUT2D eigenvalue weighted by molar-refractivity contribution is -0.138. The third kappa shape index (κ3) is 2.51. The fourth-order valence-electron chi connectivity index (χ4n) is 2.39. The number of carboxylic acids is 1. The molecule has 0 aromatic rings. The number of nitrogens with zero attached hydrogens (tertiary/aromatic N) is 1. The molecule has 2 unspecified atom stereocenters. The van der Waals surface area contributed by atoms with Crippen LogP contribution in [-0.4, -0.2) is 60.6 Å². The summed E-state index contributed by atoms with van der Waals surface area (Å²) < 4.78 is 22.7. The third-order valence-electron chi connectivity index (χ3n) is 3.13. The van der Waals surface area contributed by atoms with E-state index in [1.807, 2.05) is 0 Å². The molecule has 2 amide bonds. The molecule has 0 radical (unpaired) electrons. The number of rotatable bonds is 3.